The molecule has 2 amide bonds. The molecule has 286 valence electrons. The molecule has 2 aliphatic rings. The molecule has 0 saturated carbocycles. The van der Waals surface area contributed by atoms with Gasteiger partial charge in [-0.25, -0.2) is 29.9 Å². The van der Waals surface area contributed by atoms with Crippen molar-refractivity contribution in [2.45, 2.75) is 76.5 Å². The van der Waals surface area contributed by atoms with Gasteiger partial charge in [-0.15, -0.1) is 0 Å². The molecule has 56 heavy (non-hydrogen) atoms. The van der Waals surface area contributed by atoms with Gasteiger partial charge in [0.25, 0.3) is 0 Å². The fourth-order valence-corrected chi connectivity index (χ4v) is 8.16. The lowest BCUT2D eigenvalue weighted by Gasteiger charge is -2.30. The normalized spacial score (nSPS) is 18.5. The zero-order chi connectivity index (χ0) is 38.4. The summed E-state index contributed by atoms with van der Waals surface area (Å²) in [5.41, 5.74) is 6.19. The van der Waals surface area contributed by atoms with Crippen LogP contribution in [-0.4, -0.2) is 86.7 Å². The van der Waals surface area contributed by atoms with Crippen molar-refractivity contribution in [1.82, 2.24) is 49.7 Å². The van der Waals surface area contributed by atoms with E-state index in [1.807, 2.05) is 26.2 Å². The summed E-state index contributed by atoms with van der Waals surface area (Å²) in [5, 5.41) is 5.75. The summed E-state index contributed by atoms with van der Waals surface area (Å²) in [6.07, 6.45) is 15.4. The van der Waals surface area contributed by atoms with Crippen molar-refractivity contribution in [3.8, 4) is 33.6 Å². The van der Waals surface area contributed by atoms with E-state index in [-0.39, 0.29) is 36.0 Å². The van der Waals surface area contributed by atoms with Gasteiger partial charge in [-0.1, -0.05) is 62.4 Å². The summed E-state index contributed by atoms with van der Waals surface area (Å²) in [5.74, 6) is 2.17. The second-order valence-corrected chi connectivity index (χ2v) is 14.3. The number of likely N-dealkylation sites (tertiary alicyclic amines) is 2. The second-order valence-electron chi connectivity index (χ2n) is 14.3. The first kappa shape index (κ1) is 36.8. The minimum Gasteiger partial charge on any atom is -0.341 e. The van der Waals surface area contributed by atoms with Crippen molar-refractivity contribution in [3.05, 3.63) is 109 Å². The van der Waals surface area contributed by atoms with E-state index < -0.39 is 0 Å². The van der Waals surface area contributed by atoms with E-state index in [1.165, 1.54) is 0 Å². The Balaban J connectivity index is 0.907. The number of rotatable bonds is 13. The Morgan fingerprint density at radius 1 is 0.607 bits per heavy atom. The Morgan fingerprint density at radius 2 is 0.982 bits per heavy atom. The maximum atomic E-state index is 13.2. The van der Waals surface area contributed by atoms with Gasteiger partial charge < -0.3 is 9.97 Å². The molecule has 14 heteroatoms. The molecule has 2 saturated heterocycles. The van der Waals surface area contributed by atoms with Gasteiger partial charge in [0.2, 0.25) is 23.7 Å². The predicted octanol–water partition coefficient (Wildman–Crippen LogP) is 6.82. The minimum atomic E-state index is -0.312. The SMILES string of the molecule is CC[C@@H](C(=O)Nc1ncccn1)N1CCCC1c1ncc(-c2ccc(-c3ccc(-c4cnc(C5CCCN5[C@@H](CC)C(=O)Nc5ncccn5)[nH]4)cc3)cc2)[nH]1. The molecule has 6 heterocycles. The maximum absolute atomic E-state index is 13.2. The Morgan fingerprint density at radius 3 is 1.36 bits per heavy atom. The average molecular weight is 751 g/mol. The van der Waals surface area contributed by atoms with Gasteiger partial charge >= 0.3 is 0 Å². The van der Waals surface area contributed by atoms with Crippen LogP contribution in [0.4, 0.5) is 11.9 Å². The lowest BCUT2D eigenvalue weighted by atomic mass is 10.0. The standard InChI is InChI=1S/C42H46N12O2/c1-3-33(39(55)51-41-43-19-7-20-44-41)53-23-5-9-35(53)37-47-25-31(49-37)29-15-11-27(12-16-29)28-13-17-30(18-14-28)32-26-48-38(50-32)36-10-6-24-54(36)34(4-2)40(56)52-42-45-21-8-22-46-42/h7-8,11-22,25-26,33-36H,3-6,9-10,23-24H2,1-2H3,(H,47,49)(H,48,50)(H,43,44,51,55)(H,45,46,52,56)/t33-,34-,35?,36?/m0/s1. The first-order valence-corrected chi connectivity index (χ1v) is 19.5. The van der Waals surface area contributed by atoms with Gasteiger partial charge in [0.1, 0.15) is 11.6 Å². The van der Waals surface area contributed by atoms with Crippen LogP contribution in [0.2, 0.25) is 0 Å². The number of aromatic nitrogens is 8. The quantitative estimate of drug-likeness (QED) is 0.0981. The summed E-state index contributed by atoms with van der Waals surface area (Å²) in [6, 6.07) is 19.8. The third-order valence-corrected chi connectivity index (χ3v) is 10.9. The third-order valence-electron chi connectivity index (χ3n) is 10.9. The number of carbonyl (C=O) groups is 2. The lowest BCUT2D eigenvalue weighted by Crippen LogP contribution is -2.43. The number of amides is 2. The Bertz CT molecular complexity index is 2060. The molecule has 0 spiro atoms. The van der Waals surface area contributed by atoms with Crippen LogP contribution in [0, 0.1) is 0 Å². The fraction of sp³-hybridized carbons (Fsp3) is 0.333. The monoisotopic (exact) mass is 750 g/mol. The van der Waals surface area contributed by atoms with Crippen molar-refractivity contribution >= 4 is 23.7 Å². The van der Waals surface area contributed by atoms with E-state index in [9.17, 15) is 9.59 Å². The van der Waals surface area contributed by atoms with Crippen molar-refractivity contribution < 1.29 is 9.59 Å². The van der Waals surface area contributed by atoms with Crippen LogP contribution < -0.4 is 10.6 Å². The van der Waals surface area contributed by atoms with Crippen molar-refractivity contribution in [2.75, 3.05) is 23.7 Å². The van der Waals surface area contributed by atoms with E-state index in [2.05, 4.69) is 98.9 Å². The number of imidazole rings is 2. The maximum Gasteiger partial charge on any atom is 0.244 e. The van der Waals surface area contributed by atoms with Crippen molar-refractivity contribution in [3.63, 3.8) is 0 Å². The van der Waals surface area contributed by atoms with Gasteiger partial charge in [0, 0.05) is 24.8 Å². The number of nitrogens with one attached hydrogen (secondary N) is 4. The highest BCUT2D eigenvalue weighted by atomic mass is 16.2. The van der Waals surface area contributed by atoms with Crippen molar-refractivity contribution in [1.29, 1.82) is 0 Å². The van der Waals surface area contributed by atoms with Gasteiger partial charge in [-0.2, -0.15) is 0 Å². The smallest absolute Gasteiger partial charge is 0.244 e. The Kier molecular flexibility index (Phi) is 11.0. The molecule has 2 aromatic carbocycles. The van der Waals surface area contributed by atoms with E-state index in [1.54, 1.807) is 36.9 Å². The second kappa shape index (κ2) is 16.7. The predicted molar refractivity (Wildman–Crippen MR) is 214 cm³/mol. The Labute approximate surface area is 325 Å². The average Bonchev–Trinajstić information content (AvgIpc) is 4.08. The zero-order valence-corrected chi connectivity index (χ0v) is 31.6. The van der Waals surface area contributed by atoms with Crippen LogP contribution in [0.25, 0.3) is 33.6 Å². The van der Waals surface area contributed by atoms with Gasteiger partial charge in [0.05, 0.1) is 47.9 Å². The van der Waals surface area contributed by atoms with Crippen LogP contribution in [0.15, 0.2) is 97.8 Å². The number of anilines is 2. The van der Waals surface area contributed by atoms with E-state index in [0.717, 1.165) is 84.1 Å². The molecule has 0 radical (unpaired) electrons. The van der Waals surface area contributed by atoms with Crippen LogP contribution >= 0.6 is 0 Å². The molecular formula is C42H46N12O2. The topological polar surface area (TPSA) is 174 Å². The number of nitrogens with zero attached hydrogens (tertiary/aromatic N) is 8. The summed E-state index contributed by atoms with van der Waals surface area (Å²) >= 11 is 0. The first-order chi connectivity index (χ1) is 27.5. The molecule has 0 aliphatic carbocycles. The minimum absolute atomic E-state index is 0.0206. The summed E-state index contributed by atoms with van der Waals surface area (Å²) < 4.78 is 0. The van der Waals surface area contributed by atoms with Gasteiger partial charge in [0.15, 0.2) is 0 Å². The van der Waals surface area contributed by atoms with E-state index >= 15 is 0 Å². The first-order valence-electron chi connectivity index (χ1n) is 19.5. The molecule has 4 aromatic heterocycles. The lowest BCUT2D eigenvalue weighted by molar-refractivity contribution is -0.122. The molecule has 8 rings (SSSR count). The number of hydrogen-bond acceptors (Lipinski definition) is 10. The molecule has 6 aromatic rings. The summed E-state index contributed by atoms with van der Waals surface area (Å²) in [6.45, 7) is 5.70. The zero-order valence-electron chi connectivity index (χ0n) is 31.6. The van der Waals surface area contributed by atoms with Crippen LogP contribution in [0.3, 0.4) is 0 Å². The molecule has 2 aliphatic heterocycles. The number of carbonyl (C=O) groups excluding carboxylic acids is 2. The van der Waals surface area contributed by atoms with Gasteiger partial charge in [-0.3, -0.25) is 30.0 Å². The van der Waals surface area contributed by atoms with E-state index in [0.29, 0.717) is 24.7 Å². The highest BCUT2D eigenvalue weighted by Gasteiger charge is 2.38. The molecule has 2 unspecified atom stereocenters. The molecular weight excluding hydrogens is 705 g/mol. The highest BCUT2D eigenvalue weighted by molar-refractivity contribution is 5.94. The van der Waals surface area contributed by atoms with Crippen LogP contribution in [0.5, 0.6) is 0 Å². The van der Waals surface area contributed by atoms with Crippen LogP contribution in [0.1, 0.15) is 76.1 Å². The molecule has 2 fully saturated rings. The fourth-order valence-electron chi connectivity index (χ4n) is 8.16. The van der Waals surface area contributed by atoms with Gasteiger partial charge in [-0.05, 0) is 86.0 Å². The van der Waals surface area contributed by atoms with Crippen molar-refractivity contribution in [2.24, 2.45) is 0 Å². The molecule has 14 nitrogen and oxygen atoms in total. The molecule has 0 bridgehead atoms. The molecule has 4 N–H and O–H groups in total. The number of H-pyrrole nitrogens is 2. The number of benzene rings is 2. The Hall–Kier alpha value is -6.12. The number of hydrogen-bond donors (Lipinski definition) is 4. The van der Waals surface area contributed by atoms with E-state index in [4.69, 9.17) is 9.97 Å². The summed E-state index contributed by atoms with van der Waals surface area (Å²) in [4.78, 5) is 64.3. The highest BCUT2D eigenvalue weighted by Crippen LogP contribution is 2.36. The molecule has 4 atom stereocenters. The van der Waals surface area contributed by atoms with Crippen LogP contribution in [-0.2, 0) is 9.59 Å². The third kappa shape index (κ3) is 7.84. The summed E-state index contributed by atoms with van der Waals surface area (Å²) in [7, 11) is 0. The largest absolute Gasteiger partial charge is 0.341 e. The number of aromatic amines is 2.